The van der Waals surface area contributed by atoms with Gasteiger partial charge in [0, 0.05) is 17.9 Å². The topological polar surface area (TPSA) is 48.2 Å². The van der Waals surface area contributed by atoms with Gasteiger partial charge in [-0.3, -0.25) is 0 Å². The first-order valence-corrected chi connectivity index (χ1v) is 5.98. The van der Waals surface area contributed by atoms with E-state index in [1.807, 2.05) is 31.2 Å². The van der Waals surface area contributed by atoms with E-state index in [2.05, 4.69) is 10.2 Å². The fourth-order valence-electron chi connectivity index (χ4n) is 1.44. The molecule has 0 N–H and O–H groups in total. The van der Waals surface area contributed by atoms with Gasteiger partial charge in [0.25, 0.3) is 0 Å². The van der Waals surface area contributed by atoms with Gasteiger partial charge in [-0.05, 0) is 25.1 Å². The summed E-state index contributed by atoms with van der Waals surface area (Å²) < 4.78 is 10.9. The van der Waals surface area contributed by atoms with E-state index in [0.29, 0.717) is 30.7 Å². The molecule has 1 aromatic carbocycles. The third-order valence-electron chi connectivity index (χ3n) is 2.17. The lowest BCUT2D eigenvalue weighted by Gasteiger charge is -2.03. The SMILES string of the molecule is CCOc1cccc(-c2nnc(CCCl)o2)c1. The number of hydrogen-bond donors (Lipinski definition) is 0. The molecular formula is C12H13ClN2O2. The van der Waals surface area contributed by atoms with Crippen molar-refractivity contribution in [3.05, 3.63) is 30.2 Å². The van der Waals surface area contributed by atoms with Gasteiger partial charge in [-0.1, -0.05) is 6.07 Å². The summed E-state index contributed by atoms with van der Waals surface area (Å²) in [5.41, 5.74) is 0.851. The van der Waals surface area contributed by atoms with Gasteiger partial charge in [-0.25, -0.2) is 0 Å². The van der Waals surface area contributed by atoms with Gasteiger partial charge >= 0.3 is 0 Å². The Hall–Kier alpha value is -1.55. The van der Waals surface area contributed by atoms with Gasteiger partial charge < -0.3 is 9.15 Å². The Morgan fingerprint density at radius 2 is 2.24 bits per heavy atom. The quantitative estimate of drug-likeness (QED) is 0.768. The highest BCUT2D eigenvalue weighted by molar-refractivity contribution is 6.17. The lowest BCUT2D eigenvalue weighted by Crippen LogP contribution is -1.91. The number of rotatable bonds is 5. The minimum Gasteiger partial charge on any atom is -0.494 e. The van der Waals surface area contributed by atoms with Crippen molar-refractivity contribution in [2.75, 3.05) is 12.5 Å². The van der Waals surface area contributed by atoms with Gasteiger partial charge in [0.2, 0.25) is 11.8 Å². The van der Waals surface area contributed by atoms with Gasteiger partial charge in [-0.2, -0.15) is 0 Å². The summed E-state index contributed by atoms with van der Waals surface area (Å²) in [7, 11) is 0. The van der Waals surface area contributed by atoms with Crippen LogP contribution in [0.3, 0.4) is 0 Å². The number of halogens is 1. The zero-order chi connectivity index (χ0) is 12.1. The van der Waals surface area contributed by atoms with Gasteiger partial charge in [0.1, 0.15) is 5.75 Å². The van der Waals surface area contributed by atoms with Gasteiger partial charge in [0.15, 0.2) is 0 Å². The van der Waals surface area contributed by atoms with Crippen molar-refractivity contribution in [2.24, 2.45) is 0 Å². The Morgan fingerprint density at radius 1 is 1.35 bits per heavy atom. The summed E-state index contributed by atoms with van der Waals surface area (Å²) in [6.07, 6.45) is 0.583. The van der Waals surface area contributed by atoms with Crippen LogP contribution >= 0.6 is 11.6 Å². The minimum absolute atomic E-state index is 0.473. The third kappa shape index (κ3) is 2.97. The monoisotopic (exact) mass is 252 g/mol. The van der Waals surface area contributed by atoms with E-state index in [1.54, 1.807) is 0 Å². The molecule has 0 amide bonds. The Bertz CT molecular complexity index is 485. The van der Waals surface area contributed by atoms with Crippen molar-refractivity contribution in [3.63, 3.8) is 0 Å². The molecule has 17 heavy (non-hydrogen) atoms. The molecule has 0 aliphatic carbocycles. The predicted molar refractivity (Wildman–Crippen MR) is 65.3 cm³/mol. The second-order valence-corrected chi connectivity index (χ2v) is 3.78. The van der Waals surface area contributed by atoms with Crippen LogP contribution in [0.25, 0.3) is 11.5 Å². The molecule has 0 saturated heterocycles. The molecule has 4 nitrogen and oxygen atoms in total. The molecule has 1 aromatic heterocycles. The highest BCUT2D eigenvalue weighted by atomic mass is 35.5. The average Bonchev–Trinajstić information content (AvgIpc) is 2.79. The van der Waals surface area contributed by atoms with E-state index in [-0.39, 0.29) is 0 Å². The van der Waals surface area contributed by atoms with E-state index in [9.17, 15) is 0 Å². The molecule has 90 valence electrons. The third-order valence-corrected chi connectivity index (χ3v) is 2.36. The zero-order valence-corrected chi connectivity index (χ0v) is 10.3. The molecule has 0 atom stereocenters. The molecule has 0 bridgehead atoms. The first kappa shape index (κ1) is 11.9. The summed E-state index contributed by atoms with van der Waals surface area (Å²) >= 11 is 5.61. The fourth-order valence-corrected chi connectivity index (χ4v) is 1.60. The zero-order valence-electron chi connectivity index (χ0n) is 9.52. The number of benzene rings is 1. The second-order valence-electron chi connectivity index (χ2n) is 3.40. The molecule has 0 spiro atoms. The van der Waals surface area contributed by atoms with Crippen LogP contribution in [0.5, 0.6) is 5.75 Å². The number of aryl methyl sites for hydroxylation is 1. The molecule has 0 aliphatic rings. The molecule has 0 aliphatic heterocycles. The minimum atomic E-state index is 0.473. The summed E-state index contributed by atoms with van der Waals surface area (Å²) in [5, 5.41) is 7.89. The van der Waals surface area contributed by atoms with E-state index in [4.69, 9.17) is 20.8 Å². The van der Waals surface area contributed by atoms with Gasteiger partial charge in [-0.15, -0.1) is 21.8 Å². The van der Waals surface area contributed by atoms with Crippen molar-refractivity contribution in [2.45, 2.75) is 13.3 Å². The number of alkyl halides is 1. The van der Waals surface area contributed by atoms with Crippen LogP contribution in [0.2, 0.25) is 0 Å². The number of ether oxygens (including phenoxy) is 1. The molecule has 0 unspecified atom stereocenters. The van der Waals surface area contributed by atoms with Crippen LogP contribution in [-0.4, -0.2) is 22.7 Å². The lowest BCUT2D eigenvalue weighted by atomic mass is 10.2. The maximum atomic E-state index is 5.61. The van der Waals surface area contributed by atoms with Crippen LogP contribution in [0.15, 0.2) is 28.7 Å². The van der Waals surface area contributed by atoms with Crippen LogP contribution in [0.1, 0.15) is 12.8 Å². The standard InChI is InChI=1S/C12H13ClN2O2/c1-2-16-10-5-3-4-9(8-10)12-15-14-11(17-12)6-7-13/h3-5,8H,2,6-7H2,1H3. The average molecular weight is 253 g/mol. The summed E-state index contributed by atoms with van der Waals surface area (Å²) in [6, 6.07) is 7.57. The number of hydrogen-bond acceptors (Lipinski definition) is 4. The van der Waals surface area contributed by atoms with Crippen molar-refractivity contribution >= 4 is 11.6 Å². The molecule has 2 rings (SSSR count). The summed E-state index contributed by atoms with van der Waals surface area (Å²) in [4.78, 5) is 0. The normalized spacial score (nSPS) is 10.5. The molecule has 0 fully saturated rings. The van der Waals surface area contributed by atoms with Crippen LogP contribution in [-0.2, 0) is 6.42 Å². The van der Waals surface area contributed by atoms with Crippen molar-refractivity contribution < 1.29 is 9.15 Å². The van der Waals surface area contributed by atoms with Crippen LogP contribution in [0.4, 0.5) is 0 Å². The highest BCUT2D eigenvalue weighted by Gasteiger charge is 2.08. The van der Waals surface area contributed by atoms with E-state index >= 15 is 0 Å². The Balaban J connectivity index is 2.22. The Labute approximate surface area is 105 Å². The highest BCUT2D eigenvalue weighted by Crippen LogP contribution is 2.22. The largest absolute Gasteiger partial charge is 0.494 e. The first-order chi connectivity index (χ1) is 8.33. The molecule has 0 saturated carbocycles. The van der Waals surface area contributed by atoms with Crippen molar-refractivity contribution in [3.8, 4) is 17.2 Å². The molecule has 0 radical (unpaired) electrons. The van der Waals surface area contributed by atoms with E-state index in [0.717, 1.165) is 11.3 Å². The van der Waals surface area contributed by atoms with Gasteiger partial charge in [0.05, 0.1) is 6.61 Å². The molecular weight excluding hydrogens is 240 g/mol. The summed E-state index contributed by atoms with van der Waals surface area (Å²) in [5.74, 6) is 2.31. The maximum absolute atomic E-state index is 5.61. The Kier molecular flexibility index (Phi) is 3.98. The summed E-state index contributed by atoms with van der Waals surface area (Å²) in [6.45, 7) is 2.57. The van der Waals surface area contributed by atoms with Crippen molar-refractivity contribution in [1.29, 1.82) is 0 Å². The van der Waals surface area contributed by atoms with E-state index < -0.39 is 0 Å². The molecule has 1 heterocycles. The fraction of sp³-hybridized carbons (Fsp3) is 0.333. The smallest absolute Gasteiger partial charge is 0.247 e. The first-order valence-electron chi connectivity index (χ1n) is 5.45. The Morgan fingerprint density at radius 3 is 3.00 bits per heavy atom. The molecule has 2 aromatic rings. The van der Waals surface area contributed by atoms with Crippen LogP contribution < -0.4 is 4.74 Å². The second kappa shape index (κ2) is 5.68. The van der Waals surface area contributed by atoms with E-state index in [1.165, 1.54) is 0 Å². The number of aromatic nitrogens is 2. The number of nitrogens with zero attached hydrogens (tertiary/aromatic N) is 2. The maximum Gasteiger partial charge on any atom is 0.247 e. The van der Waals surface area contributed by atoms with Crippen LogP contribution in [0, 0.1) is 0 Å². The lowest BCUT2D eigenvalue weighted by molar-refractivity contribution is 0.340. The van der Waals surface area contributed by atoms with Crippen molar-refractivity contribution in [1.82, 2.24) is 10.2 Å². The molecule has 5 heteroatoms. The predicted octanol–water partition coefficient (Wildman–Crippen LogP) is 2.92.